The van der Waals surface area contributed by atoms with E-state index in [1.807, 2.05) is 26.0 Å². The van der Waals surface area contributed by atoms with E-state index in [-0.39, 0.29) is 23.6 Å². The van der Waals surface area contributed by atoms with Gasteiger partial charge in [-0.05, 0) is 52.4 Å². The van der Waals surface area contributed by atoms with Crippen LogP contribution in [0.25, 0.3) is 0 Å². The van der Waals surface area contributed by atoms with Crippen LogP contribution in [-0.2, 0) is 20.9 Å². The number of carbonyl (C=O) groups is 3. The maximum Gasteiger partial charge on any atom is 0.262 e. The number of thiophene rings is 1. The first-order valence-electron chi connectivity index (χ1n) is 14.2. The van der Waals surface area contributed by atoms with Gasteiger partial charge in [-0.15, -0.1) is 11.3 Å². The molecular formula is C29H40BrN5O5S. The van der Waals surface area contributed by atoms with Crippen molar-refractivity contribution < 1.29 is 23.9 Å². The number of hydrogen-bond acceptors (Lipinski definition) is 8. The fourth-order valence-electron chi connectivity index (χ4n) is 5.28. The highest BCUT2D eigenvalue weighted by Crippen LogP contribution is 2.34. The third-order valence-electron chi connectivity index (χ3n) is 7.49. The molecule has 1 fully saturated rings. The first-order valence-corrected chi connectivity index (χ1v) is 15.9. The molecule has 0 aromatic carbocycles. The molecule has 1 saturated carbocycles. The van der Waals surface area contributed by atoms with Crippen molar-refractivity contribution >= 4 is 50.7 Å². The lowest BCUT2D eigenvalue weighted by Gasteiger charge is -2.30. The molecule has 0 unspecified atom stereocenters. The predicted molar refractivity (Wildman–Crippen MR) is 162 cm³/mol. The molecule has 3 heterocycles. The molecule has 10 nitrogen and oxygen atoms in total. The molecule has 1 aliphatic heterocycles. The third-order valence-corrected chi connectivity index (χ3v) is 8.99. The van der Waals surface area contributed by atoms with Crippen LogP contribution in [0.4, 0.5) is 5.69 Å². The van der Waals surface area contributed by atoms with Crippen LogP contribution in [0.3, 0.4) is 0 Å². The van der Waals surface area contributed by atoms with E-state index in [4.69, 9.17) is 9.47 Å². The second kappa shape index (κ2) is 15.0. The largest absolute Gasteiger partial charge is 0.474 e. The van der Waals surface area contributed by atoms with Gasteiger partial charge >= 0.3 is 0 Å². The molecule has 3 amide bonds. The number of rotatable bonds is 13. The highest BCUT2D eigenvalue weighted by Gasteiger charge is 2.31. The molecule has 2 aromatic rings. The number of carbonyl (C=O) groups excluding carboxylic acids is 3. The van der Waals surface area contributed by atoms with Crippen LogP contribution in [0.5, 0.6) is 5.88 Å². The van der Waals surface area contributed by atoms with Gasteiger partial charge in [0.15, 0.2) is 0 Å². The Balaban J connectivity index is 1.42. The van der Waals surface area contributed by atoms with Crippen molar-refractivity contribution in [1.29, 1.82) is 0 Å². The number of hydrogen-bond donors (Lipinski definition) is 3. The minimum absolute atomic E-state index is 0.120. The number of halogens is 1. The number of nitrogens with one attached hydrogen (secondary N) is 3. The van der Waals surface area contributed by atoms with Gasteiger partial charge in [-0.25, -0.2) is 4.98 Å². The maximum absolute atomic E-state index is 13.5. The number of ether oxygens (including phenoxy) is 2. The van der Waals surface area contributed by atoms with Crippen LogP contribution in [0.15, 0.2) is 28.9 Å². The number of methoxy groups -OCH3 is 1. The molecule has 0 bridgehead atoms. The Morgan fingerprint density at radius 1 is 1.20 bits per heavy atom. The number of aromatic nitrogens is 1. The minimum Gasteiger partial charge on any atom is -0.474 e. The summed E-state index contributed by atoms with van der Waals surface area (Å²) in [5.41, 5.74) is 0.907. The second-order valence-electron chi connectivity index (χ2n) is 10.9. The standard InChI is InChI=1S/C29H40BrN5O5S/c1-18(2)25(28(38)31-10-12-39-3)34-26(36)22(14-19-6-4-5-7-19)33-27(37)24-9-8-21(41-24)17-35-11-13-40-29-23(35)15-20(30)16-32-29/h8-9,15-16,18-19,22,25H,4-7,10-14,17H2,1-3H3,(H,31,38)(H,33,37)(H,34,36)/t22-,25-/m0/s1. The molecule has 0 saturated heterocycles. The summed E-state index contributed by atoms with van der Waals surface area (Å²) in [6, 6.07) is 4.31. The summed E-state index contributed by atoms with van der Waals surface area (Å²) in [6.45, 7) is 6.40. The van der Waals surface area contributed by atoms with E-state index in [9.17, 15) is 14.4 Å². The van der Waals surface area contributed by atoms with Crippen molar-refractivity contribution in [3.63, 3.8) is 0 Å². The zero-order valence-corrected chi connectivity index (χ0v) is 26.3. The normalized spacial score (nSPS) is 16.6. The lowest BCUT2D eigenvalue weighted by molar-refractivity contribution is -0.131. The summed E-state index contributed by atoms with van der Waals surface area (Å²) >= 11 is 4.89. The van der Waals surface area contributed by atoms with Crippen LogP contribution < -0.4 is 25.6 Å². The van der Waals surface area contributed by atoms with Gasteiger partial charge in [0.1, 0.15) is 24.4 Å². The molecule has 41 heavy (non-hydrogen) atoms. The molecule has 12 heteroatoms. The smallest absolute Gasteiger partial charge is 0.262 e. The molecule has 224 valence electrons. The van der Waals surface area contributed by atoms with Crippen molar-refractivity contribution in [1.82, 2.24) is 20.9 Å². The maximum atomic E-state index is 13.5. The number of fused-ring (bicyclic) bond motifs is 1. The van der Waals surface area contributed by atoms with Crippen molar-refractivity contribution in [2.24, 2.45) is 11.8 Å². The summed E-state index contributed by atoms with van der Waals surface area (Å²) in [6.07, 6.45) is 6.62. The molecule has 4 rings (SSSR count). The highest BCUT2D eigenvalue weighted by atomic mass is 79.9. The van der Waals surface area contributed by atoms with Crippen molar-refractivity contribution in [3.8, 4) is 5.88 Å². The average Bonchev–Trinajstić information content (AvgIpc) is 3.64. The number of pyridine rings is 1. The predicted octanol–water partition coefficient (Wildman–Crippen LogP) is 3.89. The molecule has 2 aromatic heterocycles. The minimum atomic E-state index is -0.723. The summed E-state index contributed by atoms with van der Waals surface area (Å²) < 4.78 is 11.6. The van der Waals surface area contributed by atoms with E-state index >= 15 is 0 Å². The van der Waals surface area contributed by atoms with Gasteiger partial charge in [-0.2, -0.15) is 0 Å². The van der Waals surface area contributed by atoms with Crippen LogP contribution in [-0.4, -0.2) is 68.2 Å². The lowest BCUT2D eigenvalue weighted by atomic mass is 9.96. The molecule has 3 N–H and O–H groups in total. The third kappa shape index (κ3) is 8.65. The molecular weight excluding hydrogens is 610 g/mol. The highest BCUT2D eigenvalue weighted by molar-refractivity contribution is 9.10. The lowest BCUT2D eigenvalue weighted by Crippen LogP contribution is -2.56. The molecule has 0 spiro atoms. The van der Waals surface area contributed by atoms with Crippen LogP contribution in [0, 0.1) is 11.8 Å². The van der Waals surface area contributed by atoms with Crippen LogP contribution in [0.1, 0.15) is 60.5 Å². The molecule has 0 radical (unpaired) electrons. The second-order valence-corrected chi connectivity index (χ2v) is 13.0. The summed E-state index contributed by atoms with van der Waals surface area (Å²) in [4.78, 5) is 47.8. The SMILES string of the molecule is COCCNC(=O)[C@@H](NC(=O)[C@H](CC1CCCC1)NC(=O)c1ccc(CN2CCOc3ncc(Br)cc32)s1)C(C)C. The van der Waals surface area contributed by atoms with Crippen molar-refractivity contribution in [2.45, 2.75) is 64.6 Å². The van der Waals surface area contributed by atoms with E-state index in [2.05, 4.69) is 41.8 Å². The monoisotopic (exact) mass is 649 g/mol. The Morgan fingerprint density at radius 2 is 1.98 bits per heavy atom. The van der Waals surface area contributed by atoms with Gasteiger partial charge in [0.05, 0.1) is 24.6 Å². The molecule has 2 aliphatic rings. The Kier molecular flexibility index (Phi) is 11.4. The van der Waals surface area contributed by atoms with Crippen LogP contribution in [0.2, 0.25) is 0 Å². The van der Waals surface area contributed by atoms with Crippen LogP contribution >= 0.6 is 27.3 Å². The topological polar surface area (TPSA) is 122 Å². The average molecular weight is 651 g/mol. The van der Waals surface area contributed by atoms with E-state index in [1.165, 1.54) is 11.3 Å². The number of anilines is 1. The van der Waals surface area contributed by atoms with E-state index < -0.39 is 12.1 Å². The number of nitrogens with zero attached hydrogens (tertiary/aromatic N) is 2. The Labute approximate surface area is 254 Å². The van der Waals surface area contributed by atoms with E-state index in [0.29, 0.717) is 55.9 Å². The van der Waals surface area contributed by atoms with Gasteiger partial charge in [-0.3, -0.25) is 14.4 Å². The first-order chi connectivity index (χ1) is 19.7. The van der Waals surface area contributed by atoms with Gasteiger partial charge in [0.2, 0.25) is 17.7 Å². The zero-order chi connectivity index (χ0) is 29.4. The Hall–Kier alpha value is -2.70. The Morgan fingerprint density at radius 3 is 2.71 bits per heavy atom. The number of amides is 3. The van der Waals surface area contributed by atoms with Gasteiger partial charge in [0, 0.05) is 29.2 Å². The van der Waals surface area contributed by atoms with Gasteiger partial charge in [0.25, 0.3) is 5.91 Å². The fourth-order valence-corrected chi connectivity index (χ4v) is 6.53. The fraction of sp³-hybridized carbons (Fsp3) is 0.586. The quantitative estimate of drug-likeness (QED) is 0.282. The van der Waals surface area contributed by atoms with Gasteiger partial charge in [-0.1, -0.05) is 39.5 Å². The summed E-state index contributed by atoms with van der Waals surface area (Å²) in [5, 5.41) is 8.72. The molecule has 1 aliphatic carbocycles. The van der Waals surface area contributed by atoms with Crippen molar-refractivity contribution in [3.05, 3.63) is 38.6 Å². The molecule has 2 atom stereocenters. The van der Waals surface area contributed by atoms with E-state index in [1.54, 1.807) is 19.4 Å². The van der Waals surface area contributed by atoms with Gasteiger partial charge < -0.3 is 30.3 Å². The van der Waals surface area contributed by atoms with E-state index in [0.717, 1.165) is 40.7 Å². The Bertz CT molecular complexity index is 1200. The first kappa shape index (κ1) is 31.2. The summed E-state index contributed by atoms with van der Waals surface area (Å²) in [7, 11) is 1.57. The van der Waals surface area contributed by atoms with Crippen molar-refractivity contribution in [2.75, 3.05) is 38.3 Å². The summed E-state index contributed by atoms with van der Waals surface area (Å²) in [5.74, 6) is -0.0203. The zero-order valence-electron chi connectivity index (χ0n) is 23.9.